The number of nitro groups is 1. The fourth-order valence-corrected chi connectivity index (χ4v) is 4.75. The number of hydrogen-bond donors (Lipinski definition) is 2. The molecular weight excluding hydrogens is 396 g/mol. The van der Waals surface area contributed by atoms with Crippen LogP contribution in [0.5, 0.6) is 0 Å². The lowest BCUT2D eigenvalue weighted by Crippen LogP contribution is -2.37. The Bertz CT molecular complexity index is 835. The number of nitrogens with one attached hydrogen (secondary N) is 2. The van der Waals surface area contributed by atoms with Gasteiger partial charge in [-0.25, -0.2) is 13.1 Å². The lowest BCUT2D eigenvalue weighted by atomic mass is 9.88. The van der Waals surface area contributed by atoms with Crippen molar-refractivity contribution < 1.29 is 18.1 Å². The maximum absolute atomic E-state index is 12.7. The summed E-state index contributed by atoms with van der Waals surface area (Å²) < 4.78 is 28.1. The van der Waals surface area contributed by atoms with Gasteiger partial charge in [0, 0.05) is 25.7 Å². The van der Waals surface area contributed by atoms with E-state index in [9.17, 15) is 23.3 Å². The highest BCUT2D eigenvalue weighted by atomic mass is 32.2. The molecule has 0 atom stereocenters. The Morgan fingerprint density at radius 3 is 2.52 bits per heavy atom. The van der Waals surface area contributed by atoms with Crippen LogP contribution in [0.1, 0.15) is 46.0 Å². The third-order valence-corrected chi connectivity index (χ3v) is 6.67. The van der Waals surface area contributed by atoms with Crippen molar-refractivity contribution in [2.24, 2.45) is 5.92 Å². The second kappa shape index (κ2) is 10.0. The molecule has 2 rings (SSSR count). The number of anilines is 1. The van der Waals surface area contributed by atoms with E-state index in [0.717, 1.165) is 38.2 Å². The third-order valence-electron chi connectivity index (χ3n) is 5.16. The van der Waals surface area contributed by atoms with Gasteiger partial charge in [-0.05, 0) is 50.2 Å². The molecule has 162 valence electrons. The second-order valence-electron chi connectivity index (χ2n) is 7.69. The summed E-state index contributed by atoms with van der Waals surface area (Å²) in [6.07, 6.45) is 4.22. The van der Waals surface area contributed by atoms with E-state index in [4.69, 9.17) is 0 Å². The number of hydrogen-bond acceptors (Lipinski definition) is 6. The molecule has 0 saturated heterocycles. The fraction of sp³-hybridized carbons (Fsp3) is 0.632. The molecular formula is C19H30N4O5S. The predicted molar refractivity (Wildman–Crippen MR) is 111 cm³/mol. The van der Waals surface area contributed by atoms with E-state index in [1.165, 1.54) is 17.0 Å². The molecule has 0 bridgehead atoms. The molecule has 1 fully saturated rings. The number of likely N-dealkylation sites (N-methyl/N-ethyl adjacent to an activating group) is 1. The molecule has 1 saturated carbocycles. The summed E-state index contributed by atoms with van der Waals surface area (Å²) in [5.41, 5.74) is -0.164. The zero-order chi connectivity index (χ0) is 21.6. The summed E-state index contributed by atoms with van der Waals surface area (Å²) in [5, 5.41) is 14.3. The van der Waals surface area contributed by atoms with Gasteiger partial charge in [-0.15, -0.1) is 0 Å². The van der Waals surface area contributed by atoms with Crippen molar-refractivity contribution in [2.75, 3.05) is 25.0 Å². The smallest absolute Gasteiger partial charge is 0.293 e. The molecule has 1 aromatic carbocycles. The van der Waals surface area contributed by atoms with Crippen LogP contribution < -0.4 is 14.9 Å². The Hall–Kier alpha value is -2.20. The van der Waals surface area contributed by atoms with Crippen LogP contribution in [-0.2, 0) is 14.8 Å². The number of carbonyl (C=O) groups is 1. The normalized spacial score (nSPS) is 19.6. The number of nitro benzene ring substituents is 1. The van der Waals surface area contributed by atoms with Gasteiger partial charge in [-0.3, -0.25) is 14.9 Å². The third kappa shape index (κ3) is 6.40. The minimum Gasteiger partial charge on any atom is -0.360 e. The van der Waals surface area contributed by atoms with Gasteiger partial charge in [0.25, 0.3) is 5.69 Å². The van der Waals surface area contributed by atoms with E-state index >= 15 is 0 Å². The van der Waals surface area contributed by atoms with E-state index in [-0.39, 0.29) is 34.8 Å². The summed E-state index contributed by atoms with van der Waals surface area (Å²) in [6.45, 7) is 4.53. The van der Waals surface area contributed by atoms with Crippen molar-refractivity contribution in [3.63, 3.8) is 0 Å². The van der Waals surface area contributed by atoms with Crippen molar-refractivity contribution in [2.45, 2.75) is 56.9 Å². The number of rotatable bonds is 9. The van der Waals surface area contributed by atoms with Crippen molar-refractivity contribution in [1.82, 2.24) is 10.0 Å². The topological polar surface area (TPSA) is 122 Å². The molecule has 0 radical (unpaired) electrons. The number of benzene rings is 1. The van der Waals surface area contributed by atoms with Crippen LogP contribution in [0.3, 0.4) is 0 Å². The van der Waals surface area contributed by atoms with Gasteiger partial charge < -0.3 is 10.2 Å². The quantitative estimate of drug-likeness (QED) is 0.462. The lowest BCUT2D eigenvalue weighted by Gasteiger charge is -2.26. The minimum atomic E-state index is -3.86. The van der Waals surface area contributed by atoms with E-state index < -0.39 is 14.9 Å². The standard InChI is InChI=1S/C19H30N4O5S/c1-4-11-20-19(24)13-22(3)17-10-9-16(12-18(17)23(25)26)29(27,28)21-15-7-5-14(2)6-8-15/h9-10,12,14-15,21H,4-8,11,13H2,1-3H3,(H,20,24). The molecule has 0 unspecified atom stereocenters. The SMILES string of the molecule is CCCNC(=O)CN(C)c1ccc(S(=O)(=O)NC2CCC(C)CC2)cc1[N+](=O)[O-]. The average Bonchev–Trinajstić information content (AvgIpc) is 2.67. The number of nitrogens with zero attached hydrogens (tertiary/aromatic N) is 2. The summed E-state index contributed by atoms with van der Waals surface area (Å²) in [7, 11) is -2.30. The highest BCUT2D eigenvalue weighted by molar-refractivity contribution is 7.89. The maximum atomic E-state index is 12.7. The van der Waals surface area contributed by atoms with Gasteiger partial charge in [0.2, 0.25) is 15.9 Å². The van der Waals surface area contributed by atoms with E-state index in [1.807, 2.05) is 6.92 Å². The van der Waals surface area contributed by atoms with E-state index in [1.54, 1.807) is 7.05 Å². The Morgan fingerprint density at radius 2 is 1.93 bits per heavy atom. The van der Waals surface area contributed by atoms with Crippen LogP contribution in [0.4, 0.5) is 11.4 Å². The first-order chi connectivity index (χ1) is 13.6. The average molecular weight is 427 g/mol. The lowest BCUT2D eigenvalue weighted by molar-refractivity contribution is -0.384. The highest BCUT2D eigenvalue weighted by Gasteiger charge is 2.27. The van der Waals surface area contributed by atoms with Crippen LogP contribution in [0.2, 0.25) is 0 Å². The van der Waals surface area contributed by atoms with E-state index in [2.05, 4.69) is 17.0 Å². The van der Waals surface area contributed by atoms with Gasteiger partial charge in [0.05, 0.1) is 16.4 Å². The Morgan fingerprint density at radius 1 is 1.28 bits per heavy atom. The first kappa shape index (κ1) is 23.1. The minimum absolute atomic E-state index is 0.0640. The molecule has 9 nitrogen and oxygen atoms in total. The van der Waals surface area contributed by atoms with Crippen LogP contribution in [0, 0.1) is 16.0 Å². The number of carbonyl (C=O) groups excluding carboxylic acids is 1. The molecule has 1 aromatic rings. The van der Waals surface area contributed by atoms with Crippen molar-refractivity contribution in [1.29, 1.82) is 0 Å². The number of amides is 1. The van der Waals surface area contributed by atoms with Crippen LogP contribution in [0.25, 0.3) is 0 Å². The van der Waals surface area contributed by atoms with Crippen molar-refractivity contribution in [3.05, 3.63) is 28.3 Å². The maximum Gasteiger partial charge on any atom is 0.293 e. The zero-order valence-electron chi connectivity index (χ0n) is 17.2. The van der Waals surface area contributed by atoms with Crippen LogP contribution in [-0.4, -0.2) is 45.4 Å². The Balaban J connectivity index is 2.19. The molecule has 2 N–H and O–H groups in total. The van der Waals surface area contributed by atoms with Crippen LogP contribution >= 0.6 is 0 Å². The number of sulfonamides is 1. The molecule has 1 aliphatic rings. The van der Waals surface area contributed by atoms with Crippen molar-refractivity contribution >= 4 is 27.3 Å². The zero-order valence-corrected chi connectivity index (χ0v) is 18.0. The molecule has 0 heterocycles. The molecule has 1 aliphatic carbocycles. The largest absolute Gasteiger partial charge is 0.360 e. The molecule has 29 heavy (non-hydrogen) atoms. The van der Waals surface area contributed by atoms with Gasteiger partial charge >= 0.3 is 0 Å². The van der Waals surface area contributed by atoms with Gasteiger partial charge in [-0.1, -0.05) is 13.8 Å². The Kier molecular flexibility index (Phi) is 7.97. The molecule has 0 aromatic heterocycles. The van der Waals surface area contributed by atoms with Gasteiger partial charge in [-0.2, -0.15) is 0 Å². The summed E-state index contributed by atoms with van der Waals surface area (Å²) >= 11 is 0. The molecule has 0 spiro atoms. The second-order valence-corrected chi connectivity index (χ2v) is 9.41. The fourth-order valence-electron chi connectivity index (χ4n) is 3.43. The monoisotopic (exact) mass is 426 g/mol. The van der Waals surface area contributed by atoms with E-state index in [0.29, 0.717) is 12.5 Å². The Labute approximate surface area is 172 Å². The summed E-state index contributed by atoms with van der Waals surface area (Å²) in [4.78, 5) is 24.1. The first-order valence-corrected chi connectivity index (χ1v) is 11.4. The summed E-state index contributed by atoms with van der Waals surface area (Å²) in [6, 6.07) is 3.63. The summed E-state index contributed by atoms with van der Waals surface area (Å²) in [5.74, 6) is 0.328. The molecule has 10 heteroatoms. The van der Waals surface area contributed by atoms with Gasteiger partial charge in [0.15, 0.2) is 0 Å². The highest BCUT2D eigenvalue weighted by Crippen LogP contribution is 2.31. The molecule has 0 aliphatic heterocycles. The first-order valence-electron chi connectivity index (χ1n) is 9.92. The molecule has 1 amide bonds. The van der Waals surface area contributed by atoms with Crippen LogP contribution in [0.15, 0.2) is 23.1 Å². The van der Waals surface area contributed by atoms with Crippen molar-refractivity contribution in [3.8, 4) is 0 Å². The van der Waals surface area contributed by atoms with Gasteiger partial charge in [0.1, 0.15) is 5.69 Å². The predicted octanol–water partition coefficient (Wildman–Crippen LogP) is 2.41.